The second-order valence-electron chi connectivity index (χ2n) is 6.72. The number of anilines is 1. The number of nitrogens with zero attached hydrogens (tertiary/aromatic N) is 2. The van der Waals surface area contributed by atoms with Crippen molar-refractivity contribution in [2.45, 2.75) is 25.8 Å². The summed E-state index contributed by atoms with van der Waals surface area (Å²) in [5, 5.41) is 6.04. The van der Waals surface area contributed by atoms with Gasteiger partial charge >= 0.3 is 0 Å². The molecule has 1 aliphatic heterocycles. The molecule has 1 aromatic carbocycles. The van der Waals surface area contributed by atoms with Crippen molar-refractivity contribution in [3.63, 3.8) is 0 Å². The van der Waals surface area contributed by atoms with Crippen LogP contribution in [0.1, 0.15) is 31.4 Å². The van der Waals surface area contributed by atoms with Gasteiger partial charge < -0.3 is 15.5 Å². The molecule has 3 rings (SSSR count). The molecule has 0 aliphatic carbocycles. The number of aromatic nitrogens is 1. The van der Waals surface area contributed by atoms with Crippen LogP contribution in [-0.4, -0.2) is 41.3 Å². The molecule has 0 saturated carbocycles. The Bertz CT molecular complexity index is 815. The molecule has 1 saturated heterocycles. The van der Waals surface area contributed by atoms with Crippen LogP contribution in [0, 0.1) is 11.7 Å². The number of halogens is 1. The van der Waals surface area contributed by atoms with E-state index >= 15 is 0 Å². The van der Waals surface area contributed by atoms with Crippen LogP contribution >= 0.6 is 0 Å². The van der Waals surface area contributed by atoms with Crippen LogP contribution < -0.4 is 10.6 Å². The SMILES string of the molecule is CCN1C(=O)CC[C@@H](C(=O)NCCNc2ccccn2)[C@@H]1c1ccccc1F. The molecule has 2 amide bonds. The molecule has 2 atom stereocenters. The number of carbonyl (C=O) groups is 2. The zero-order valence-electron chi connectivity index (χ0n) is 15.9. The molecule has 7 heteroatoms. The first kappa shape index (κ1) is 19.8. The van der Waals surface area contributed by atoms with Gasteiger partial charge in [0.05, 0.1) is 12.0 Å². The summed E-state index contributed by atoms with van der Waals surface area (Å²) in [6, 6.07) is 11.3. The van der Waals surface area contributed by atoms with Crippen molar-refractivity contribution in [3.8, 4) is 0 Å². The number of hydrogen-bond acceptors (Lipinski definition) is 4. The average molecular weight is 384 g/mol. The maximum absolute atomic E-state index is 14.5. The summed E-state index contributed by atoms with van der Waals surface area (Å²) in [6.07, 6.45) is 2.40. The van der Waals surface area contributed by atoms with Crippen LogP contribution in [0.5, 0.6) is 0 Å². The standard InChI is InChI=1S/C21H25FN4O2/c1-2-26-19(27)11-10-16(20(26)15-7-3-4-8-17(15)22)21(28)25-14-13-24-18-9-5-6-12-23-18/h3-9,12,16,20H,2,10-11,13-14H2,1H3,(H,23,24)(H,25,28)/t16-,20+/m1/s1. The summed E-state index contributed by atoms with van der Waals surface area (Å²) in [7, 11) is 0. The summed E-state index contributed by atoms with van der Waals surface area (Å²) in [4.78, 5) is 31.0. The van der Waals surface area contributed by atoms with Crippen molar-refractivity contribution in [3.05, 3.63) is 60.0 Å². The molecule has 6 nitrogen and oxygen atoms in total. The maximum atomic E-state index is 14.5. The predicted molar refractivity (Wildman–Crippen MR) is 105 cm³/mol. The highest BCUT2D eigenvalue weighted by Gasteiger charge is 2.40. The Balaban J connectivity index is 1.68. The fourth-order valence-corrected chi connectivity index (χ4v) is 3.67. The lowest BCUT2D eigenvalue weighted by Crippen LogP contribution is -2.48. The minimum Gasteiger partial charge on any atom is -0.368 e. The smallest absolute Gasteiger partial charge is 0.225 e. The molecule has 2 N–H and O–H groups in total. The summed E-state index contributed by atoms with van der Waals surface area (Å²) in [5.74, 6) is -0.347. The van der Waals surface area contributed by atoms with Crippen molar-refractivity contribution in [2.24, 2.45) is 5.92 Å². The Hall–Kier alpha value is -2.96. The highest BCUT2D eigenvalue weighted by Crippen LogP contribution is 2.37. The Kier molecular flexibility index (Phi) is 6.57. The lowest BCUT2D eigenvalue weighted by molar-refractivity contribution is -0.143. The lowest BCUT2D eigenvalue weighted by Gasteiger charge is -2.40. The van der Waals surface area contributed by atoms with E-state index in [0.717, 1.165) is 5.82 Å². The Morgan fingerprint density at radius 3 is 2.71 bits per heavy atom. The van der Waals surface area contributed by atoms with E-state index in [2.05, 4.69) is 15.6 Å². The van der Waals surface area contributed by atoms with Gasteiger partial charge in [-0.15, -0.1) is 0 Å². The molecule has 2 heterocycles. The van der Waals surface area contributed by atoms with Gasteiger partial charge in [0.15, 0.2) is 0 Å². The summed E-state index contributed by atoms with van der Waals surface area (Å²) in [6.45, 7) is 3.22. The third kappa shape index (κ3) is 4.47. The second-order valence-corrected chi connectivity index (χ2v) is 6.72. The van der Waals surface area contributed by atoms with Crippen molar-refractivity contribution < 1.29 is 14.0 Å². The van der Waals surface area contributed by atoms with Crippen LogP contribution in [0.2, 0.25) is 0 Å². The fourth-order valence-electron chi connectivity index (χ4n) is 3.67. The molecule has 0 unspecified atom stereocenters. The van der Waals surface area contributed by atoms with E-state index in [-0.39, 0.29) is 11.8 Å². The van der Waals surface area contributed by atoms with Gasteiger partial charge in [-0.05, 0) is 31.5 Å². The van der Waals surface area contributed by atoms with Crippen molar-refractivity contribution in [1.82, 2.24) is 15.2 Å². The molecule has 1 aliphatic rings. The highest BCUT2D eigenvalue weighted by molar-refractivity contribution is 5.85. The van der Waals surface area contributed by atoms with E-state index in [0.29, 0.717) is 38.0 Å². The van der Waals surface area contributed by atoms with Crippen molar-refractivity contribution >= 4 is 17.6 Å². The summed E-state index contributed by atoms with van der Waals surface area (Å²) >= 11 is 0. The molecular formula is C21H25FN4O2. The largest absolute Gasteiger partial charge is 0.368 e. The first-order valence-electron chi connectivity index (χ1n) is 9.58. The van der Waals surface area contributed by atoms with Crippen molar-refractivity contribution in [2.75, 3.05) is 25.0 Å². The van der Waals surface area contributed by atoms with E-state index < -0.39 is 17.8 Å². The first-order valence-corrected chi connectivity index (χ1v) is 9.58. The normalized spacial score (nSPS) is 19.4. The van der Waals surface area contributed by atoms with E-state index in [1.54, 1.807) is 29.3 Å². The molecule has 1 fully saturated rings. The Morgan fingerprint density at radius 2 is 2.00 bits per heavy atom. The average Bonchev–Trinajstić information content (AvgIpc) is 2.72. The van der Waals surface area contributed by atoms with Gasteiger partial charge in [-0.2, -0.15) is 0 Å². The quantitative estimate of drug-likeness (QED) is 0.720. The number of likely N-dealkylation sites (tertiary alicyclic amines) is 1. The van der Waals surface area contributed by atoms with Gasteiger partial charge in [0.25, 0.3) is 0 Å². The molecule has 0 spiro atoms. The lowest BCUT2D eigenvalue weighted by atomic mass is 9.83. The molecular weight excluding hydrogens is 359 g/mol. The molecule has 1 aromatic heterocycles. The molecule has 28 heavy (non-hydrogen) atoms. The van der Waals surface area contributed by atoms with Gasteiger partial charge in [-0.1, -0.05) is 24.3 Å². The Labute approximate surface area is 164 Å². The minimum absolute atomic E-state index is 0.0448. The van der Waals surface area contributed by atoms with Gasteiger partial charge in [0, 0.05) is 37.8 Å². The van der Waals surface area contributed by atoms with Crippen LogP contribution in [-0.2, 0) is 9.59 Å². The zero-order valence-corrected chi connectivity index (χ0v) is 15.9. The van der Waals surface area contributed by atoms with Gasteiger partial charge in [-0.25, -0.2) is 9.37 Å². The van der Waals surface area contributed by atoms with Crippen LogP contribution in [0.15, 0.2) is 48.7 Å². The predicted octanol–water partition coefficient (Wildman–Crippen LogP) is 2.75. The van der Waals surface area contributed by atoms with E-state index in [4.69, 9.17) is 0 Å². The first-order chi connectivity index (χ1) is 13.6. The Morgan fingerprint density at radius 1 is 1.21 bits per heavy atom. The number of nitrogens with one attached hydrogen (secondary N) is 2. The van der Waals surface area contributed by atoms with Crippen LogP contribution in [0.3, 0.4) is 0 Å². The molecule has 0 radical (unpaired) electrons. The van der Waals surface area contributed by atoms with E-state index in [1.165, 1.54) is 6.07 Å². The van der Waals surface area contributed by atoms with E-state index in [1.807, 2.05) is 25.1 Å². The number of carbonyl (C=O) groups excluding carboxylic acids is 2. The second kappa shape index (κ2) is 9.30. The van der Waals surface area contributed by atoms with Crippen LogP contribution in [0.25, 0.3) is 0 Å². The number of rotatable bonds is 7. The highest BCUT2D eigenvalue weighted by atomic mass is 19.1. The number of piperidine rings is 1. The third-order valence-electron chi connectivity index (χ3n) is 5.00. The molecule has 148 valence electrons. The summed E-state index contributed by atoms with van der Waals surface area (Å²) < 4.78 is 14.5. The maximum Gasteiger partial charge on any atom is 0.225 e. The summed E-state index contributed by atoms with van der Waals surface area (Å²) in [5.41, 5.74) is 0.393. The van der Waals surface area contributed by atoms with Gasteiger partial charge in [0.1, 0.15) is 11.6 Å². The monoisotopic (exact) mass is 384 g/mol. The fraction of sp³-hybridized carbons (Fsp3) is 0.381. The number of amides is 2. The number of pyridine rings is 1. The molecule has 2 aromatic rings. The van der Waals surface area contributed by atoms with Gasteiger partial charge in [-0.3, -0.25) is 9.59 Å². The van der Waals surface area contributed by atoms with Crippen molar-refractivity contribution in [1.29, 1.82) is 0 Å². The number of benzene rings is 1. The van der Waals surface area contributed by atoms with Crippen LogP contribution in [0.4, 0.5) is 10.2 Å². The van der Waals surface area contributed by atoms with Gasteiger partial charge in [0.2, 0.25) is 11.8 Å². The van der Waals surface area contributed by atoms with E-state index in [9.17, 15) is 14.0 Å². The molecule has 0 bridgehead atoms. The minimum atomic E-state index is -0.587. The number of hydrogen-bond donors (Lipinski definition) is 2. The zero-order chi connectivity index (χ0) is 19.9. The topological polar surface area (TPSA) is 74.3 Å². The third-order valence-corrected chi connectivity index (χ3v) is 5.00.